The van der Waals surface area contributed by atoms with Gasteiger partial charge in [0.05, 0.1) is 5.69 Å². The Bertz CT molecular complexity index is 981. The highest BCUT2D eigenvalue weighted by Crippen LogP contribution is 2.34. The Balaban J connectivity index is 1.53. The Hall–Kier alpha value is -2.62. The second-order valence-corrected chi connectivity index (χ2v) is 8.29. The Kier molecular flexibility index (Phi) is 6.28. The fourth-order valence-electron chi connectivity index (χ4n) is 3.41. The number of ether oxygens (including phenoxy) is 1. The van der Waals surface area contributed by atoms with Crippen LogP contribution in [0.2, 0.25) is 0 Å². The molecule has 1 aliphatic heterocycles. The number of carbonyl (C=O) groups excluding carboxylic acids is 1. The lowest BCUT2D eigenvalue weighted by molar-refractivity contribution is -0.120. The van der Waals surface area contributed by atoms with Gasteiger partial charge in [0, 0.05) is 36.6 Å². The SMILES string of the molecule is CN(Cc1cccc2c1CNCC2)c1ccc(SNc2ncns2)cc1OC=O. The third-order valence-electron chi connectivity index (χ3n) is 4.79. The minimum absolute atomic E-state index is 0.466. The summed E-state index contributed by atoms with van der Waals surface area (Å²) < 4.78 is 12.4. The number of fused-ring (bicyclic) bond motifs is 1. The van der Waals surface area contributed by atoms with Crippen LogP contribution in [0.4, 0.5) is 10.8 Å². The monoisotopic (exact) mass is 427 g/mol. The van der Waals surface area contributed by atoms with E-state index >= 15 is 0 Å². The maximum Gasteiger partial charge on any atom is 0.298 e. The zero-order valence-electron chi connectivity index (χ0n) is 15.9. The third kappa shape index (κ3) is 4.69. The molecule has 29 heavy (non-hydrogen) atoms. The number of hydrogen-bond donors (Lipinski definition) is 2. The molecule has 9 heteroatoms. The van der Waals surface area contributed by atoms with Crippen molar-refractivity contribution >= 4 is 40.8 Å². The fraction of sp³-hybridized carbons (Fsp3) is 0.250. The van der Waals surface area contributed by atoms with Gasteiger partial charge in [-0.15, -0.1) is 0 Å². The topological polar surface area (TPSA) is 79.4 Å². The lowest BCUT2D eigenvalue weighted by Gasteiger charge is -2.26. The molecule has 2 aromatic carbocycles. The van der Waals surface area contributed by atoms with E-state index in [0.29, 0.717) is 12.2 Å². The Morgan fingerprint density at radius 3 is 3.14 bits per heavy atom. The highest BCUT2D eigenvalue weighted by molar-refractivity contribution is 8.00. The molecule has 0 saturated carbocycles. The summed E-state index contributed by atoms with van der Waals surface area (Å²) in [6.07, 6.45) is 2.56. The molecule has 1 aliphatic rings. The largest absolute Gasteiger partial charge is 0.426 e. The van der Waals surface area contributed by atoms with Gasteiger partial charge in [0.1, 0.15) is 6.33 Å². The van der Waals surface area contributed by atoms with Crippen LogP contribution in [-0.4, -0.2) is 29.4 Å². The van der Waals surface area contributed by atoms with E-state index in [-0.39, 0.29) is 0 Å². The number of rotatable bonds is 8. The Morgan fingerprint density at radius 1 is 1.38 bits per heavy atom. The highest BCUT2D eigenvalue weighted by Gasteiger charge is 2.16. The summed E-state index contributed by atoms with van der Waals surface area (Å²) in [6.45, 7) is 3.11. The van der Waals surface area contributed by atoms with E-state index in [0.717, 1.165) is 41.8 Å². The molecular formula is C20H21N5O2S2. The molecule has 0 bridgehead atoms. The van der Waals surface area contributed by atoms with Gasteiger partial charge in [-0.3, -0.25) is 4.79 Å². The average molecular weight is 428 g/mol. The summed E-state index contributed by atoms with van der Waals surface area (Å²) in [4.78, 5) is 18.2. The minimum Gasteiger partial charge on any atom is -0.426 e. The van der Waals surface area contributed by atoms with Crippen molar-refractivity contribution in [2.45, 2.75) is 24.4 Å². The number of carbonyl (C=O) groups is 1. The molecule has 7 nitrogen and oxygen atoms in total. The molecule has 3 aromatic rings. The van der Waals surface area contributed by atoms with E-state index in [9.17, 15) is 4.79 Å². The molecule has 0 radical (unpaired) electrons. The maximum absolute atomic E-state index is 11.1. The van der Waals surface area contributed by atoms with Crippen LogP contribution in [0.3, 0.4) is 0 Å². The molecule has 0 saturated heterocycles. The van der Waals surface area contributed by atoms with Crippen LogP contribution in [0.1, 0.15) is 16.7 Å². The van der Waals surface area contributed by atoms with E-state index in [1.807, 2.05) is 25.2 Å². The molecular weight excluding hydrogens is 406 g/mol. The molecule has 0 atom stereocenters. The van der Waals surface area contributed by atoms with Crippen LogP contribution in [0.5, 0.6) is 5.75 Å². The molecule has 1 aromatic heterocycles. The highest BCUT2D eigenvalue weighted by atomic mass is 32.2. The normalized spacial score (nSPS) is 12.9. The number of anilines is 2. The first-order valence-electron chi connectivity index (χ1n) is 9.20. The lowest BCUT2D eigenvalue weighted by Crippen LogP contribution is -2.26. The molecule has 4 rings (SSSR count). The minimum atomic E-state index is 0.466. The van der Waals surface area contributed by atoms with Crippen LogP contribution in [0, 0.1) is 0 Å². The predicted octanol–water partition coefficient (Wildman–Crippen LogP) is 3.47. The van der Waals surface area contributed by atoms with Crippen LogP contribution < -0.4 is 19.7 Å². The number of aromatic nitrogens is 2. The van der Waals surface area contributed by atoms with Crippen LogP contribution in [0.25, 0.3) is 0 Å². The van der Waals surface area contributed by atoms with E-state index in [1.54, 1.807) is 0 Å². The first-order chi connectivity index (χ1) is 14.2. The lowest BCUT2D eigenvalue weighted by atomic mass is 9.95. The average Bonchev–Trinajstić information content (AvgIpc) is 3.26. The van der Waals surface area contributed by atoms with Gasteiger partial charge in [0.25, 0.3) is 6.47 Å². The van der Waals surface area contributed by atoms with Gasteiger partial charge in [-0.1, -0.05) is 18.2 Å². The van der Waals surface area contributed by atoms with Crippen molar-refractivity contribution in [3.63, 3.8) is 0 Å². The maximum atomic E-state index is 11.1. The summed E-state index contributed by atoms with van der Waals surface area (Å²) in [5.41, 5.74) is 4.93. The number of nitrogens with one attached hydrogen (secondary N) is 2. The van der Waals surface area contributed by atoms with Gasteiger partial charge in [-0.05, 0) is 59.8 Å². The van der Waals surface area contributed by atoms with Crippen molar-refractivity contribution in [2.75, 3.05) is 23.2 Å². The van der Waals surface area contributed by atoms with Gasteiger partial charge in [-0.2, -0.15) is 4.37 Å². The predicted molar refractivity (Wildman–Crippen MR) is 116 cm³/mol. The summed E-state index contributed by atoms with van der Waals surface area (Å²) >= 11 is 2.68. The smallest absolute Gasteiger partial charge is 0.298 e. The third-order valence-corrected chi connectivity index (χ3v) is 6.28. The molecule has 2 N–H and O–H groups in total. The molecule has 0 fully saturated rings. The van der Waals surface area contributed by atoms with Gasteiger partial charge >= 0.3 is 0 Å². The van der Waals surface area contributed by atoms with Gasteiger partial charge in [-0.25, -0.2) is 4.98 Å². The van der Waals surface area contributed by atoms with Crippen molar-refractivity contribution in [3.8, 4) is 5.75 Å². The summed E-state index contributed by atoms with van der Waals surface area (Å²) in [5.74, 6) is 0.523. The van der Waals surface area contributed by atoms with Crippen LogP contribution in [-0.2, 0) is 24.3 Å². The van der Waals surface area contributed by atoms with E-state index in [1.165, 1.54) is 46.5 Å². The summed E-state index contributed by atoms with van der Waals surface area (Å²) in [6, 6.07) is 12.3. The number of hydrogen-bond acceptors (Lipinski definition) is 9. The molecule has 2 heterocycles. The van der Waals surface area contributed by atoms with Crippen molar-refractivity contribution in [3.05, 3.63) is 59.4 Å². The Morgan fingerprint density at radius 2 is 2.31 bits per heavy atom. The van der Waals surface area contributed by atoms with Crippen molar-refractivity contribution in [2.24, 2.45) is 0 Å². The number of nitrogens with zero attached hydrogens (tertiary/aromatic N) is 3. The quantitative estimate of drug-likeness (QED) is 0.418. The van der Waals surface area contributed by atoms with Crippen LogP contribution in [0.15, 0.2) is 47.6 Å². The molecule has 0 amide bonds. The zero-order valence-corrected chi connectivity index (χ0v) is 17.6. The number of benzene rings is 2. The zero-order chi connectivity index (χ0) is 20.1. The molecule has 0 aliphatic carbocycles. The Labute approximate surface area is 177 Å². The van der Waals surface area contributed by atoms with E-state index < -0.39 is 0 Å². The van der Waals surface area contributed by atoms with Gasteiger partial charge in [0.2, 0.25) is 5.13 Å². The molecule has 150 valence electrons. The second-order valence-electron chi connectivity index (χ2n) is 6.63. The van der Waals surface area contributed by atoms with Crippen LogP contribution >= 0.6 is 23.5 Å². The molecule has 0 unspecified atom stereocenters. The molecule has 0 spiro atoms. The van der Waals surface area contributed by atoms with Crippen molar-refractivity contribution in [1.82, 2.24) is 14.7 Å². The van der Waals surface area contributed by atoms with E-state index in [4.69, 9.17) is 4.74 Å². The van der Waals surface area contributed by atoms with Gasteiger partial charge < -0.3 is 19.7 Å². The standard InChI is InChI=1S/C20H21N5O2S2/c1-25(11-15-4-2-3-14-7-8-21-10-17(14)15)18-6-5-16(9-19(18)27-13-26)28-24-20-22-12-23-29-20/h2-6,9,12-13,21H,7-8,10-11H2,1H3,(H,22,23,24). The van der Waals surface area contributed by atoms with Crippen molar-refractivity contribution in [1.29, 1.82) is 0 Å². The first kappa shape index (κ1) is 19.7. The first-order valence-corrected chi connectivity index (χ1v) is 10.8. The second kappa shape index (κ2) is 9.25. The van der Waals surface area contributed by atoms with Crippen molar-refractivity contribution < 1.29 is 9.53 Å². The summed E-state index contributed by atoms with van der Waals surface area (Å²) in [5, 5.41) is 4.17. The summed E-state index contributed by atoms with van der Waals surface area (Å²) in [7, 11) is 2.01. The fourth-order valence-corrected chi connectivity index (χ4v) is 4.54. The van der Waals surface area contributed by atoms with Gasteiger partial charge in [0.15, 0.2) is 5.75 Å². The van der Waals surface area contributed by atoms with E-state index in [2.05, 4.69) is 42.5 Å².